The predicted molar refractivity (Wildman–Crippen MR) is 123 cm³/mol. The molecule has 0 aliphatic heterocycles. The van der Waals surface area contributed by atoms with Crippen LogP contribution in [0.5, 0.6) is 0 Å². The number of carbonyl (C=O) groups excluding carboxylic acids is 1. The van der Waals surface area contributed by atoms with Gasteiger partial charge >= 0.3 is 22.2 Å². The van der Waals surface area contributed by atoms with E-state index in [0.29, 0.717) is 26.2 Å². The molecule has 0 saturated carbocycles. The summed E-state index contributed by atoms with van der Waals surface area (Å²) in [7, 11) is -10.3. The van der Waals surface area contributed by atoms with Crippen LogP contribution in [0.25, 0.3) is 0 Å². The first-order valence-electron chi connectivity index (χ1n) is 10.7. The molecule has 1 N–H and O–H groups in total. The lowest BCUT2D eigenvalue weighted by molar-refractivity contribution is 0.0444. The minimum Gasteiger partial charge on any atom is -0.418 e. The van der Waals surface area contributed by atoms with Crippen molar-refractivity contribution < 1.29 is 40.1 Å². The van der Waals surface area contributed by atoms with Gasteiger partial charge in [0.25, 0.3) is 0 Å². The molecule has 0 bridgehead atoms. The normalized spacial score (nSPS) is 14.3. The Hall–Kier alpha value is -0.418. The molecule has 0 radical (unpaired) electrons. The third-order valence-electron chi connectivity index (χ3n) is 4.02. The van der Waals surface area contributed by atoms with Crippen LogP contribution in [0.1, 0.15) is 60.3 Å². The lowest BCUT2D eigenvalue weighted by Crippen LogP contribution is -2.63. The van der Waals surface area contributed by atoms with E-state index < -0.39 is 29.4 Å². The van der Waals surface area contributed by atoms with Crippen molar-refractivity contribution in [2.24, 2.45) is 0 Å². The highest BCUT2D eigenvalue weighted by molar-refractivity contribution is 7.74. The summed E-state index contributed by atoms with van der Waals surface area (Å²) in [5.41, 5.74) is -0.315. The number of hydrogen-bond acceptors (Lipinski definition) is 5. The molecule has 2 atom stereocenters. The van der Waals surface area contributed by atoms with Crippen molar-refractivity contribution in [1.82, 2.24) is 5.32 Å². The molecule has 6 nitrogen and oxygen atoms in total. The summed E-state index contributed by atoms with van der Waals surface area (Å²) < 4.78 is 63.0. The smallest absolute Gasteiger partial charge is 0.418 e. The average Bonchev–Trinajstić information content (AvgIpc) is 2.64. The summed E-state index contributed by atoms with van der Waals surface area (Å²) in [4.78, 5) is 12.5. The largest absolute Gasteiger partial charge is 0.673 e. The maximum atomic E-state index is 12.5. The molecule has 0 aromatic carbocycles. The maximum absolute atomic E-state index is 12.5. The molecule has 188 valence electrons. The molecule has 0 aromatic heterocycles. The average molecular weight is 497 g/mol. The van der Waals surface area contributed by atoms with E-state index in [2.05, 4.69) is 46.1 Å². The van der Waals surface area contributed by atoms with Gasteiger partial charge in [-0.1, -0.05) is 27.7 Å². The molecule has 0 aliphatic carbocycles. The van der Waals surface area contributed by atoms with Gasteiger partial charge in [0.05, 0.1) is 20.0 Å². The van der Waals surface area contributed by atoms with Crippen LogP contribution in [0.15, 0.2) is 0 Å². The van der Waals surface area contributed by atoms with E-state index in [-0.39, 0.29) is 11.5 Å². The van der Waals surface area contributed by atoms with Gasteiger partial charge < -0.3 is 40.6 Å². The highest BCUT2D eigenvalue weighted by Crippen LogP contribution is 2.52. The molecule has 0 aliphatic rings. The van der Waals surface area contributed by atoms with E-state index in [0.717, 1.165) is 19.3 Å². The molecule has 2 unspecified atom stereocenters. The summed E-state index contributed by atoms with van der Waals surface area (Å²) in [6.45, 7) is 18.2. The van der Waals surface area contributed by atoms with Gasteiger partial charge in [0.15, 0.2) is 0 Å². The number of amides is 1. The molecule has 31 heavy (non-hydrogen) atoms. The lowest BCUT2D eigenvalue weighted by Gasteiger charge is -2.36. The number of hydrogen-bond donors (Lipinski definition) is 1. The number of nitrogens with one attached hydrogen (secondary N) is 1. The van der Waals surface area contributed by atoms with Crippen LogP contribution in [0.3, 0.4) is 0 Å². The first-order valence-corrected chi connectivity index (χ1v) is 15.7. The van der Waals surface area contributed by atoms with Gasteiger partial charge in [0, 0.05) is 34.0 Å². The number of halogens is 4. The summed E-state index contributed by atoms with van der Waals surface area (Å²) in [6.07, 6.45) is 2.85. The molecular weight excluding hydrogens is 456 g/mol. The van der Waals surface area contributed by atoms with Gasteiger partial charge in [-0.2, -0.15) is 0 Å². The quantitative estimate of drug-likeness (QED) is 0.187. The lowest BCUT2D eigenvalue weighted by atomic mass is 10.3. The Morgan fingerprint density at radius 3 is 1.52 bits per heavy atom. The fraction of sp³-hybridized carbons (Fsp3) is 0.944. The number of rotatable bonds is 14. The zero-order valence-corrected chi connectivity index (χ0v) is 22.1. The van der Waals surface area contributed by atoms with Crippen molar-refractivity contribution in [2.75, 3.05) is 39.8 Å². The van der Waals surface area contributed by atoms with Crippen LogP contribution in [0.4, 0.5) is 22.1 Å². The topological polar surface area (TPSA) is 66.0 Å². The van der Waals surface area contributed by atoms with Gasteiger partial charge in [-0.05, 0) is 25.7 Å². The maximum Gasteiger partial charge on any atom is 0.673 e. The third kappa shape index (κ3) is 16.8. The van der Waals surface area contributed by atoms with Gasteiger partial charge in [-0.15, -0.1) is 0 Å². The van der Waals surface area contributed by atoms with Crippen LogP contribution in [-0.2, 0) is 18.0 Å². The molecule has 0 rings (SSSR count). The highest BCUT2D eigenvalue weighted by Gasteiger charge is 2.50. The van der Waals surface area contributed by atoms with Crippen LogP contribution in [0, 0.1) is 0 Å². The second-order valence-corrected chi connectivity index (χ2v) is 15.6. The minimum absolute atomic E-state index is 0.0965. The summed E-state index contributed by atoms with van der Waals surface area (Å²) in [5, 5.41) is 2.98. The van der Waals surface area contributed by atoms with Crippen LogP contribution >= 0.6 is 7.26 Å². The Morgan fingerprint density at radius 2 is 1.26 bits per heavy atom. The number of ether oxygens (including phenoxy) is 1. The monoisotopic (exact) mass is 497 g/mol. The summed E-state index contributed by atoms with van der Waals surface area (Å²) >= 11 is 0. The van der Waals surface area contributed by atoms with Crippen LogP contribution in [0.2, 0.25) is 0 Å². The fourth-order valence-corrected chi connectivity index (χ4v) is 5.62. The predicted octanol–water partition coefficient (Wildman–Crippen LogP) is 5.80. The molecule has 0 saturated heterocycles. The first kappa shape index (κ1) is 32.8. The van der Waals surface area contributed by atoms with Gasteiger partial charge in [-0.25, -0.2) is 4.79 Å². The Kier molecular flexibility index (Phi) is 17.2. The van der Waals surface area contributed by atoms with Crippen LogP contribution in [-0.4, -0.2) is 73.5 Å². The molecule has 1 amide bonds. The second-order valence-electron chi connectivity index (χ2n) is 7.87. The van der Waals surface area contributed by atoms with Crippen LogP contribution < -0.4 is 5.32 Å². The zero-order valence-electron chi connectivity index (χ0n) is 20.2. The third-order valence-corrected chi connectivity index (χ3v) is 9.53. The second kappa shape index (κ2) is 16.2. The summed E-state index contributed by atoms with van der Waals surface area (Å²) in [5.74, 6) is -0.0965. The fourth-order valence-electron chi connectivity index (χ4n) is 2.09. The Morgan fingerprint density at radius 1 is 0.903 bits per heavy atom. The Balaban J connectivity index is 0. The molecule has 0 spiro atoms. The van der Waals surface area contributed by atoms with Crippen molar-refractivity contribution in [1.29, 1.82) is 0 Å². The Labute approximate surface area is 186 Å². The van der Waals surface area contributed by atoms with Crippen molar-refractivity contribution in [2.45, 2.75) is 71.8 Å². The summed E-state index contributed by atoms with van der Waals surface area (Å²) in [6, 6.07) is 0. The van der Waals surface area contributed by atoms with Crippen molar-refractivity contribution in [3.05, 3.63) is 0 Å². The van der Waals surface area contributed by atoms with Gasteiger partial charge in [-0.3, -0.25) is 0 Å². The molecule has 0 aromatic rings. The van der Waals surface area contributed by atoms with E-state index >= 15 is 0 Å². The molecule has 0 fully saturated rings. The van der Waals surface area contributed by atoms with Crippen molar-refractivity contribution in [3.63, 3.8) is 0 Å². The van der Waals surface area contributed by atoms with E-state index in [1.165, 1.54) is 0 Å². The SMILES string of the molecule is CCCO[Si](OCCC)(OCCC)C(CC)NC(=O)OC(C)[P+](C)(C)C.F[B-](F)(F)F. The van der Waals surface area contributed by atoms with E-state index in [4.69, 9.17) is 18.0 Å². The molecular formula is C18H41BF4NO5PSi. The Bertz CT molecular complexity index is 459. The van der Waals surface area contributed by atoms with Crippen molar-refractivity contribution >= 4 is 29.4 Å². The first-order chi connectivity index (χ1) is 14.2. The number of alkyl carbamates (subject to hydrolysis) is 1. The van der Waals surface area contributed by atoms with Gasteiger partial charge in [0.1, 0.15) is 5.67 Å². The minimum atomic E-state index is -6.00. The zero-order chi connectivity index (χ0) is 24.7. The molecule has 0 heterocycles. The number of carbonyl (C=O) groups is 1. The highest BCUT2D eigenvalue weighted by atomic mass is 31.2. The van der Waals surface area contributed by atoms with E-state index in [9.17, 15) is 22.1 Å². The van der Waals surface area contributed by atoms with Gasteiger partial charge in [0.2, 0.25) is 5.85 Å². The van der Waals surface area contributed by atoms with Crippen molar-refractivity contribution in [3.8, 4) is 0 Å². The standard InChI is InChI=1S/C18H40NO5PSi.BF4/c1-9-13-21-26(22-14-10-2,23-15-11-3)17(12-4)19-18(20)24-16(5)25(6,7)8;2-1(3,4)5/h16-17H,9-15H2,1-8H3;/q;-1/p+1. The van der Waals surface area contributed by atoms with E-state index in [1.807, 2.05) is 13.8 Å². The van der Waals surface area contributed by atoms with E-state index in [1.54, 1.807) is 0 Å². The molecule has 13 heteroatoms.